The second-order valence-electron chi connectivity index (χ2n) is 3.10. The number of anilines is 1. The van der Waals surface area contributed by atoms with Gasteiger partial charge in [-0.25, -0.2) is 4.98 Å². The fraction of sp³-hybridized carbons (Fsp3) is 0.100. The molecule has 0 aromatic carbocycles. The molecule has 0 atom stereocenters. The van der Waals surface area contributed by atoms with Gasteiger partial charge in [-0.15, -0.1) is 0 Å². The summed E-state index contributed by atoms with van der Waals surface area (Å²) in [5, 5.41) is 6.18. The highest BCUT2D eigenvalue weighted by Crippen LogP contribution is 2.06. The summed E-state index contributed by atoms with van der Waals surface area (Å²) in [7, 11) is 0. The van der Waals surface area contributed by atoms with Crippen LogP contribution in [0.1, 0.15) is 16.1 Å². The lowest BCUT2D eigenvalue weighted by Crippen LogP contribution is -2.23. The van der Waals surface area contributed by atoms with E-state index in [4.69, 9.17) is 10.3 Å². The van der Waals surface area contributed by atoms with Gasteiger partial charge in [0, 0.05) is 12.3 Å². The van der Waals surface area contributed by atoms with Gasteiger partial charge >= 0.3 is 0 Å². The number of carbonyl (C=O) groups is 1. The van der Waals surface area contributed by atoms with E-state index in [-0.39, 0.29) is 18.3 Å². The normalized spacial score (nSPS) is 10.0. The summed E-state index contributed by atoms with van der Waals surface area (Å²) in [4.78, 5) is 15.5. The number of nitrogens with two attached hydrogens (primary N) is 1. The summed E-state index contributed by atoms with van der Waals surface area (Å²) >= 11 is 0. The van der Waals surface area contributed by atoms with Crippen LogP contribution in [0, 0.1) is 0 Å². The molecule has 82 valence electrons. The van der Waals surface area contributed by atoms with Crippen molar-refractivity contribution in [3.63, 3.8) is 0 Å². The quantitative estimate of drug-likeness (QED) is 0.785. The van der Waals surface area contributed by atoms with Gasteiger partial charge < -0.3 is 15.6 Å². The van der Waals surface area contributed by atoms with Gasteiger partial charge in [0.25, 0.3) is 5.91 Å². The molecule has 2 aromatic heterocycles. The second-order valence-corrected chi connectivity index (χ2v) is 3.10. The second kappa shape index (κ2) is 4.43. The van der Waals surface area contributed by atoms with Crippen molar-refractivity contribution in [1.82, 2.24) is 15.5 Å². The lowest BCUT2D eigenvalue weighted by Gasteiger charge is -2.04. The molecule has 0 unspecified atom stereocenters. The Balaban J connectivity index is 2.01. The summed E-state index contributed by atoms with van der Waals surface area (Å²) in [6.07, 6.45) is 3.04. The smallest absolute Gasteiger partial charge is 0.255 e. The van der Waals surface area contributed by atoms with E-state index in [1.54, 1.807) is 18.2 Å². The summed E-state index contributed by atoms with van der Waals surface area (Å²) < 4.78 is 4.84. The Morgan fingerprint density at radius 3 is 3.00 bits per heavy atom. The first kappa shape index (κ1) is 10.2. The van der Waals surface area contributed by atoms with Gasteiger partial charge in [-0.3, -0.25) is 4.79 Å². The van der Waals surface area contributed by atoms with Crippen LogP contribution < -0.4 is 11.1 Å². The average Bonchev–Trinajstić information content (AvgIpc) is 2.79. The maximum atomic E-state index is 11.7. The number of aromatic nitrogens is 2. The minimum Gasteiger partial charge on any atom is -0.383 e. The van der Waals surface area contributed by atoms with Crippen LogP contribution in [0.5, 0.6) is 0 Å². The third-order valence-corrected chi connectivity index (χ3v) is 2.00. The maximum Gasteiger partial charge on any atom is 0.255 e. The van der Waals surface area contributed by atoms with E-state index in [0.717, 1.165) is 0 Å². The standard InChI is InChI=1S/C10H10N4O2/c11-9-8(2-1-4-12-9)10(15)13-6-7-3-5-14-16-7/h1-5H,6H2,(H2,11,12)(H,13,15). The van der Waals surface area contributed by atoms with Crippen LogP contribution in [0.4, 0.5) is 5.82 Å². The number of amides is 1. The largest absolute Gasteiger partial charge is 0.383 e. The molecule has 2 heterocycles. The van der Waals surface area contributed by atoms with E-state index in [1.807, 2.05) is 0 Å². The number of hydrogen-bond donors (Lipinski definition) is 2. The molecule has 0 aliphatic heterocycles. The summed E-state index contributed by atoms with van der Waals surface area (Å²) in [5.74, 6) is 0.496. The zero-order chi connectivity index (χ0) is 11.4. The molecule has 2 aromatic rings. The highest BCUT2D eigenvalue weighted by Gasteiger charge is 2.09. The number of nitrogens with one attached hydrogen (secondary N) is 1. The molecule has 6 nitrogen and oxygen atoms in total. The van der Waals surface area contributed by atoms with Crippen LogP contribution in [-0.2, 0) is 6.54 Å². The number of nitrogen functional groups attached to an aromatic ring is 1. The highest BCUT2D eigenvalue weighted by molar-refractivity contribution is 5.98. The van der Waals surface area contributed by atoms with Gasteiger partial charge in [0.15, 0.2) is 5.76 Å². The Morgan fingerprint density at radius 1 is 1.44 bits per heavy atom. The Morgan fingerprint density at radius 2 is 2.31 bits per heavy atom. The number of pyridine rings is 1. The SMILES string of the molecule is Nc1ncccc1C(=O)NCc1ccno1. The average molecular weight is 218 g/mol. The van der Waals surface area contributed by atoms with Crippen molar-refractivity contribution in [1.29, 1.82) is 0 Å². The highest BCUT2D eigenvalue weighted by atomic mass is 16.5. The van der Waals surface area contributed by atoms with E-state index in [9.17, 15) is 4.79 Å². The predicted octanol–water partition coefficient (Wildman–Crippen LogP) is 0.582. The van der Waals surface area contributed by atoms with Crippen molar-refractivity contribution in [3.05, 3.63) is 41.9 Å². The molecule has 0 aliphatic rings. The van der Waals surface area contributed by atoms with Gasteiger partial charge in [0.2, 0.25) is 0 Å². The number of rotatable bonds is 3. The van der Waals surface area contributed by atoms with E-state index in [2.05, 4.69) is 15.5 Å². The molecule has 0 bridgehead atoms. The maximum absolute atomic E-state index is 11.7. The Bertz CT molecular complexity index is 481. The first-order valence-corrected chi connectivity index (χ1v) is 4.65. The van der Waals surface area contributed by atoms with Crippen LogP contribution in [0.15, 0.2) is 35.1 Å². The van der Waals surface area contributed by atoms with Crippen molar-refractivity contribution in [2.45, 2.75) is 6.54 Å². The number of hydrogen-bond acceptors (Lipinski definition) is 5. The molecular formula is C10H10N4O2. The molecule has 0 fully saturated rings. The first-order valence-electron chi connectivity index (χ1n) is 4.65. The molecule has 6 heteroatoms. The van der Waals surface area contributed by atoms with Gasteiger partial charge in [0.05, 0.1) is 18.3 Å². The summed E-state index contributed by atoms with van der Waals surface area (Å²) in [6, 6.07) is 4.94. The Labute approximate surface area is 91.5 Å². The van der Waals surface area contributed by atoms with Crippen molar-refractivity contribution >= 4 is 11.7 Å². The monoisotopic (exact) mass is 218 g/mol. The topological polar surface area (TPSA) is 94.0 Å². The van der Waals surface area contributed by atoms with Gasteiger partial charge in [-0.2, -0.15) is 0 Å². The molecule has 0 aliphatic carbocycles. The molecule has 3 N–H and O–H groups in total. The molecular weight excluding hydrogens is 208 g/mol. The van der Waals surface area contributed by atoms with E-state index in [0.29, 0.717) is 11.3 Å². The van der Waals surface area contributed by atoms with Crippen molar-refractivity contribution < 1.29 is 9.32 Å². The van der Waals surface area contributed by atoms with Crippen molar-refractivity contribution in [2.75, 3.05) is 5.73 Å². The zero-order valence-corrected chi connectivity index (χ0v) is 8.38. The van der Waals surface area contributed by atoms with E-state index < -0.39 is 0 Å². The number of nitrogens with zero attached hydrogens (tertiary/aromatic N) is 2. The molecule has 2 rings (SSSR count). The lowest BCUT2D eigenvalue weighted by molar-refractivity contribution is 0.0947. The van der Waals surface area contributed by atoms with Gasteiger partial charge in [0.1, 0.15) is 5.82 Å². The molecule has 0 saturated heterocycles. The minimum atomic E-state index is -0.290. The third-order valence-electron chi connectivity index (χ3n) is 2.00. The minimum absolute atomic E-state index is 0.206. The van der Waals surface area contributed by atoms with Crippen molar-refractivity contribution in [3.8, 4) is 0 Å². The lowest BCUT2D eigenvalue weighted by atomic mass is 10.2. The van der Waals surface area contributed by atoms with Crippen LogP contribution in [0.2, 0.25) is 0 Å². The fourth-order valence-corrected chi connectivity index (χ4v) is 1.21. The van der Waals surface area contributed by atoms with Crippen LogP contribution >= 0.6 is 0 Å². The third kappa shape index (κ3) is 2.17. The summed E-state index contributed by atoms with van der Waals surface area (Å²) in [6.45, 7) is 0.271. The fourth-order valence-electron chi connectivity index (χ4n) is 1.21. The van der Waals surface area contributed by atoms with Crippen LogP contribution in [0.3, 0.4) is 0 Å². The Hall–Kier alpha value is -2.37. The first-order chi connectivity index (χ1) is 7.77. The molecule has 0 spiro atoms. The Kier molecular flexibility index (Phi) is 2.81. The van der Waals surface area contributed by atoms with E-state index in [1.165, 1.54) is 12.4 Å². The molecule has 1 amide bonds. The number of carbonyl (C=O) groups excluding carboxylic acids is 1. The van der Waals surface area contributed by atoms with Crippen LogP contribution in [0.25, 0.3) is 0 Å². The van der Waals surface area contributed by atoms with E-state index >= 15 is 0 Å². The van der Waals surface area contributed by atoms with Gasteiger partial charge in [-0.1, -0.05) is 5.16 Å². The van der Waals surface area contributed by atoms with Crippen molar-refractivity contribution in [2.24, 2.45) is 0 Å². The predicted molar refractivity (Wildman–Crippen MR) is 56.3 cm³/mol. The van der Waals surface area contributed by atoms with Crippen LogP contribution in [-0.4, -0.2) is 16.0 Å². The molecule has 16 heavy (non-hydrogen) atoms. The molecule has 0 saturated carbocycles. The molecule has 0 radical (unpaired) electrons. The van der Waals surface area contributed by atoms with Gasteiger partial charge in [-0.05, 0) is 12.1 Å². The summed E-state index contributed by atoms with van der Waals surface area (Å²) in [5.41, 5.74) is 5.91. The zero-order valence-electron chi connectivity index (χ0n) is 8.38.